The summed E-state index contributed by atoms with van der Waals surface area (Å²) in [6.07, 6.45) is 3.00. The van der Waals surface area contributed by atoms with Crippen molar-refractivity contribution in [2.24, 2.45) is 0 Å². The minimum absolute atomic E-state index is 0.113. The van der Waals surface area contributed by atoms with Crippen molar-refractivity contribution >= 4 is 11.6 Å². The van der Waals surface area contributed by atoms with E-state index < -0.39 is 0 Å². The van der Waals surface area contributed by atoms with Crippen molar-refractivity contribution in [3.05, 3.63) is 35.9 Å². The number of ether oxygens (including phenoxy) is 1. The predicted octanol–water partition coefficient (Wildman–Crippen LogP) is 1.15. The lowest BCUT2D eigenvalue weighted by atomic mass is 10.2. The minimum Gasteiger partial charge on any atom is -0.379 e. The number of aromatic nitrogens is 5. The lowest BCUT2D eigenvalue weighted by Crippen LogP contribution is -2.21. The molecule has 0 radical (unpaired) electrons. The van der Waals surface area contributed by atoms with Crippen LogP contribution in [0.4, 0.5) is 0 Å². The number of pyridine rings is 1. The maximum atomic E-state index is 11.7. The molecule has 0 bridgehead atoms. The van der Waals surface area contributed by atoms with Crippen LogP contribution >= 0.6 is 0 Å². The molecule has 1 amide bonds. The van der Waals surface area contributed by atoms with Crippen molar-refractivity contribution in [3.63, 3.8) is 0 Å². The number of rotatable bonds is 4. The van der Waals surface area contributed by atoms with Crippen LogP contribution in [-0.2, 0) is 16.0 Å². The van der Waals surface area contributed by atoms with Gasteiger partial charge in [-0.25, -0.2) is 14.6 Å². The zero-order chi connectivity index (χ0) is 17.4. The normalized spacial score (nSPS) is 17.3. The van der Waals surface area contributed by atoms with Crippen LogP contribution < -0.4 is 5.32 Å². The van der Waals surface area contributed by atoms with E-state index in [-0.39, 0.29) is 18.4 Å². The summed E-state index contributed by atoms with van der Waals surface area (Å²) < 4.78 is 9.41. The summed E-state index contributed by atoms with van der Waals surface area (Å²) in [5.41, 5.74) is 2.64. The van der Waals surface area contributed by atoms with Gasteiger partial charge in [-0.15, -0.1) is 0 Å². The fraction of sp³-hybridized carbons (Fsp3) is 0.412. The van der Waals surface area contributed by atoms with Gasteiger partial charge in [0.1, 0.15) is 11.3 Å². The van der Waals surface area contributed by atoms with E-state index in [4.69, 9.17) is 9.72 Å². The molecule has 130 valence electrons. The first kappa shape index (κ1) is 15.8. The Morgan fingerprint density at radius 2 is 2.28 bits per heavy atom. The molecular weight excluding hydrogens is 320 g/mol. The monoisotopic (exact) mass is 340 g/mol. The Morgan fingerprint density at radius 3 is 3.00 bits per heavy atom. The second kappa shape index (κ2) is 6.29. The molecule has 1 unspecified atom stereocenters. The van der Waals surface area contributed by atoms with Gasteiger partial charge in [0.05, 0.1) is 24.8 Å². The zero-order valence-electron chi connectivity index (χ0n) is 14.3. The Morgan fingerprint density at radius 1 is 1.40 bits per heavy atom. The molecule has 1 atom stereocenters. The molecule has 25 heavy (non-hydrogen) atoms. The van der Waals surface area contributed by atoms with Gasteiger partial charge in [0, 0.05) is 19.9 Å². The van der Waals surface area contributed by atoms with E-state index >= 15 is 0 Å². The highest BCUT2D eigenvalue weighted by molar-refractivity contribution is 5.77. The number of hydrogen-bond donors (Lipinski definition) is 1. The van der Waals surface area contributed by atoms with E-state index in [1.807, 2.05) is 40.4 Å². The molecule has 8 nitrogen and oxygen atoms in total. The minimum atomic E-state index is -0.113. The van der Waals surface area contributed by atoms with Gasteiger partial charge in [-0.1, -0.05) is 6.07 Å². The fourth-order valence-electron chi connectivity index (χ4n) is 3.14. The zero-order valence-corrected chi connectivity index (χ0v) is 14.3. The molecule has 1 fully saturated rings. The molecule has 1 aliphatic rings. The first-order chi connectivity index (χ1) is 12.2. The summed E-state index contributed by atoms with van der Waals surface area (Å²) in [6, 6.07) is 6.00. The van der Waals surface area contributed by atoms with Crippen LogP contribution in [0.1, 0.15) is 24.0 Å². The summed E-state index contributed by atoms with van der Waals surface area (Å²) in [7, 11) is 1.61. The molecule has 0 spiro atoms. The number of aryl methyl sites for hydroxylation is 1. The second-order valence-electron chi connectivity index (χ2n) is 6.14. The lowest BCUT2D eigenvalue weighted by Gasteiger charge is -2.10. The van der Waals surface area contributed by atoms with E-state index in [0.29, 0.717) is 24.9 Å². The second-order valence-corrected chi connectivity index (χ2v) is 6.14. The number of nitrogens with one attached hydrogen (secondary N) is 1. The van der Waals surface area contributed by atoms with Gasteiger partial charge in [0.15, 0.2) is 11.6 Å². The van der Waals surface area contributed by atoms with Crippen LogP contribution in [-0.4, -0.2) is 50.3 Å². The van der Waals surface area contributed by atoms with E-state index in [2.05, 4.69) is 15.4 Å². The van der Waals surface area contributed by atoms with Crippen molar-refractivity contribution in [3.8, 4) is 11.5 Å². The van der Waals surface area contributed by atoms with Gasteiger partial charge in [0.25, 0.3) is 0 Å². The quantitative estimate of drug-likeness (QED) is 0.770. The average Bonchev–Trinajstić information content (AvgIpc) is 3.34. The van der Waals surface area contributed by atoms with Crippen LogP contribution in [0, 0.1) is 6.92 Å². The molecule has 4 rings (SSSR count). The average molecular weight is 340 g/mol. The summed E-state index contributed by atoms with van der Waals surface area (Å²) in [6.45, 7) is 3.32. The van der Waals surface area contributed by atoms with Gasteiger partial charge >= 0.3 is 0 Å². The van der Waals surface area contributed by atoms with Crippen molar-refractivity contribution in [1.82, 2.24) is 29.5 Å². The highest BCUT2D eigenvalue weighted by Gasteiger charge is 2.26. The molecular formula is C17H20N6O2. The number of amides is 1. The molecule has 8 heteroatoms. The van der Waals surface area contributed by atoms with Crippen molar-refractivity contribution < 1.29 is 9.53 Å². The van der Waals surface area contributed by atoms with Crippen LogP contribution in [0.15, 0.2) is 24.4 Å². The molecule has 4 heterocycles. The van der Waals surface area contributed by atoms with E-state index in [9.17, 15) is 4.79 Å². The summed E-state index contributed by atoms with van der Waals surface area (Å²) in [5.74, 6) is 1.08. The number of fused-ring (bicyclic) bond motifs is 1. The van der Waals surface area contributed by atoms with Gasteiger partial charge in [-0.05, 0) is 25.5 Å². The van der Waals surface area contributed by atoms with E-state index in [0.717, 1.165) is 23.5 Å². The summed E-state index contributed by atoms with van der Waals surface area (Å²) in [5, 5.41) is 7.20. The Kier molecular flexibility index (Phi) is 3.96. The van der Waals surface area contributed by atoms with Gasteiger partial charge < -0.3 is 14.5 Å². The third-order valence-electron chi connectivity index (χ3n) is 4.50. The SMILES string of the molecule is CNC(=O)Cc1nc(-c2nc3ccccn3c2C)n(C2CCOC2)n1. The molecule has 1 N–H and O–H groups in total. The maximum absolute atomic E-state index is 11.7. The third-order valence-corrected chi connectivity index (χ3v) is 4.50. The maximum Gasteiger partial charge on any atom is 0.227 e. The predicted molar refractivity (Wildman–Crippen MR) is 91.2 cm³/mol. The number of hydrogen-bond acceptors (Lipinski definition) is 5. The van der Waals surface area contributed by atoms with Crippen LogP contribution in [0.5, 0.6) is 0 Å². The lowest BCUT2D eigenvalue weighted by molar-refractivity contribution is -0.120. The van der Waals surface area contributed by atoms with Crippen molar-refractivity contribution in [2.45, 2.75) is 25.8 Å². The largest absolute Gasteiger partial charge is 0.379 e. The highest BCUT2D eigenvalue weighted by Crippen LogP contribution is 2.28. The van der Waals surface area contributed by atoms with Crippen molar-refractivity contribution in [1.29, 1.82) is 0 Å². The number of carbonyl (C=O) groups is 1. The highest BCUT2D eigenvalue weighted by atomic mass is 16.5. The van der Waals surface area contributed by atoms with E-state index in [1.165, 1.54) is 0 Å². The van der Waals surface area contributed by atoms with Gasteiger partial charge in [0.2, 0.25) is 5.91 Å². The topological polar surface area (TPSA) is 86.3 Å². The van der Waals surface area contributed by atoms with Gasteiger partial charge in [-0.2, -0.15) is 5.10 Å². The molecule has 0 aromatic carbocycles. The Hall–Kier alpha value is -2.74. The number of likely N-dealkylation sites (N-methyl/N-ethyl adjacent to an activating group) is 1. The Bertz CT molecular complexity index is 923. The standard InChI is InChI=1S/C17H20N6O2/c1-11-16(20-14-5-3-4-7-22(11)14)17-19-13(9-15(24)18-2)21-23(17)12-6-8-25-10-12/h3-5,7,12H,6,8-10H2,1-2H3,(H,18,24). The number of carbonyl (C=O) groups excluding carboxylic acids is 1. The number of nitrogens with zero attached hydrogens (tertiary/aromatic N) is 5. The molecule has 0 saturated carbocycles. The molecule has 1 aliphatic heterocycles. The Balaban J connectivity index is 1.83. The first-order valence-corrected chi connectivity index (χ1v) is 8.35. The smallest absolute Gasteiger partial charge is 0.227 e. The van der Waals surface area contributed by atoms with Crippen LogP contribution in [0.3, 0.4) is 0 Å². The van der Waals surface area contributed by atoms with Crippen LogP contribution in [0.25, 0.3) is 17.2 Å². The van der Waals surface area contributed by atoms with E-state index in [1.54, 1.807) is 7.05 Å². The fourth-order valence-corrected chi connectivity index (χ4v) is 3.14. The summed E-state index contributed by atoms with van der Waals surface area (Å²) in [4.78, 5) is 21.1. The number of imidazole rings is 1. The molecule has 1 saturated heterocycles. The molecule has 0 aliphatic carbocycles. The van der Waals surface area contributed by atoms with Crippen LogP contribution in [0.2, 0.25) is 0 Å². The van der Waals surface area contributed by atoms with Crippen molar-refractivity contribution in [2.75, 3.05) is 20.3 Å². The molecule has 3 aromatic heterocycles. The summed E-state index contributed by atoms with van der Waals surface area (Å²) >= 11 is 0. The Labute approximate surface area is 144 Å². The third kappa shape index (κ3) is 2.78. The molecule has 3 aromatic rings. The first-order valence-electron chi connectivity index (χ1n) is 8.35. The van der Waals surface area contributed by atoms with Gasteiger partial charge in [-0.3, -0.25) is 4.79 Å².